The Hall–Kier alpha value is -1.40. The quantitative estimate of drug-likeness (QED) is 0.865. The zero-order valence-corrected chi connectivity index (χ0v) is 9.74. The van der Waals surface area contributed by atoms with E-state index in [1.165, 1.54) is 0 Å². The van der Waals surface area contributed by atoms with Crippen LogP contribution in [0.15, 0.2) is 29.4 Å². The highest BCUT2D eigenvalue weighted by Gasteiger charge is 2.18. The molecule has 0 aliphatic rings. The van der Waals surface area contributed by atoms with E-state index < -0.39 is 10.0 Å². The third kappa shape index (κ3) is 1.81. The fourth-order valence-electron chi connectivity index (χ4n) is 1.68. The molecule has 0 unspecified atom stereocenters. The van der Waals surface area contributed by atoms with Gasteiger partial charge in [0.2, 0.25) is 0 Å². The number of hydrogen-bond donors (Lipinski definition) is 1. The molecule has 2 N–H and O–H groups in total. The summed E-state index contributed by atoms with van der Waals surface area (Å²) >= 11 is 0. The minimum Gasteiger partial charge on any atom is -0.302 e. The molecule has 0 spiro atoms. The van der Waals surface area contributed by atoms with Crippen LogP contribution in [0.3, 0.4) is 0 Å². The van der Waals surface area contributed by atoms with E-state index in [-0.39, 0.29) is 5.03 Å². The number of aryl methyl sites for hydroxylation is 1. The summed E-state index contributed by atoms with van der Waals surface area (Å²) in [5.41, 5.74) is 0.536. The Morgan fingerprint density at radius 3 is 2.81 bits per heavy atom. The van der Waals surface area contributed by atoms with E-state index in [1.54, 1.807) is 22.7 Å². The number of imidazole rings is 1. The maximum absolute atomic E-state index is 11.4. The van der Waals surface area contributed by atoms with Crippen LogP contribution >= 0.6 is 0 Å². The van der Waals surface area contributed by atoms with Crippen LogP contribution in [0, 0.1) is 0 Å². The van der Waals surface area contributed by atoms with Gasteiger partial charge in [0, 0.05) is 12.6 Å². The minimum atomic E-state index is -3.76. The minimum absolute atomic E-state index is 0.0449. The van der Waals surface area contributed by atoms with Crippen molar-refractivity contribution in [2.45, 2.75) is 24.8 Å². The van der Waals surface area contributed by atoms with E-state index in [2.05, 4.69) is 4.98 Å². The Labute approximate surface area is 94.0 Å². The van der Waals surface area contributed by atoms with Crippen molar-refractivity contribution in [2.24, 2.45) is 5.14 Å². The van der Waals surface area contributed by atoms with Gasteiger partial charge in [0.15, 0.2) is 5.03 Å². The molecule has 0 amide bonds. The van der Waals surface area contributed by atoms with Crippen molar-refractivity contribution in [3.05, 3.63) is 30.2 Å². The number of aromatic nitrogens is 2. The standard InChI is InChI=1S/C10H13N3O2S/c1-2-5-9-12-10(16(11,14)15)8-6-3-4-7-13(8)9/h3-4,6-7H,2,5H2,1H3,(H2,11,14,15). The Balaban J connectivity index is 2.77. The van der Waals surface area contributed by atoms with Gasteiger partial charge in [0.1, 0.15) is 5.82 Å². The van der Waals surface area contributed by atoms with Gasteiger partial charge in [0.25, 0.3) is 10.0 Å². The van der Waals surface area contributed by atoms with Gasteiger partial charge in [0.05, 0.1) is 5.52 Å². The number of primary sulfonamides is 1. The van der Waals surface area contributed by atoms with Crippen molar-refractivity contribution in [3.8, 4) is 0 Å². The lowest BCUT2D eigenvalue weighted by Gasteiger charge is -1.97. The maximum Gasteiger partial charge on any atom is 0.257 e. The second-order valence-electron chi connectivity index (χ2n) is 3.58. The third-order valence-electron chi connectivity index (χ3n) is 2.33. The molecule has 0 saturated heterocycles. The van der Waals surface area contributed by atoms with Gasteiger partial charge in [-0.1, -0.05) is 13.0 Å². The van der Waals surface area contributed by atoms with E-state index in [0.717, 1.165) is 18.7 Å². The SMILES string of the molecule is CCCc1nc(S(N)(=O)=O)c2ccccn12. The molecule has 2 heterocycles. The van der Waals surface area contributed by atoms with Gasteiger partial charge in [-0.15, -0.1) is 0 Å². The molecule has 2 aromatic heterocycles. The van der Waals surface area contributed by atoms with E-state index in [1.807, 2.05) is 13.0 Å². The van der Waals surface area contributed by atoms with Crippen LogP contribution in [-0.4, -0.2) is 17.8 Å². The van der Waals surface area contributed by atoms with Gasteiger partial charge >= 0.3 is 0 Å². The van der Waals surface area contributed by atoms with Crippen molar-refractivity contribution in [1.29, 1.82) is 0 Å². The van der Waals surface area contributed by atoms with Crippen LogP contribution in [0.25, 0.3) is 5.52 Å². The monoisotopic (exact) mass is 239 g/mol. The van der Waals surface area contributed by atoms with E-state index >= 15 is 0 Å². The van der Waals surface area contributed by atoms with Crippen LogP contribution in [0.2, 0.25) is 0 Å². The summed E-state index contributed by atoms with van der Waals surface area (Å²) in [6.07, 6.45) is 3.42. The van der Waals surface area contributed by atoms with Crippen molar-refractivity contribution >= 4 is 15.5 Å². The molecule has 5 nitrogen and oxygen atoms in total. The van der Waals surface area contributed by atoms with Gasteiger partial charge in [-0.3, -0.25) is 0 Å². The molecule has 0 aromatic carbocycles. The first kappa shape index (κ1) is 11.1. The Morgan fingerprint density at radius 2 is 2.19 bits per heavy atom. The smallest absolute Gasteiger partial charge is 0.257 e. The summed E-state index contributed by atoms with van der Waals surface area (Å²) in [4.78, 5) is 4.10. The zero-order chi connectivity index (χ0) is 11.8. The van der Waals surface area contributed by atoms with Gasteiger partial charge in [-0.05, 0) is 18.6 Å². The molecule has 86 valence electrons. The lowest BCUT2D eigenvalue weighted by Crippen LogP contribution is -2.13. The van der Waals surface area contributed by atoms with Crippen LogP contribution < -0.4 is 5.14 Å². The van der Waals surface area contributed by atoms with Crippen LogP contribution in [0.1, 0.15) is 19.2 Å². The molecule has 0 atom stereocenters. The second kappa shape index (κ2) is 3.88. The molecular formula is C10H13N3O2S. The summed E-state index contributed by atoms with van der Waals surface area (Å²) in [5.74, 6) is 0.724. The molecule has 0 saturated carbocycles. The predicted molar refractivity (Wildman–Crippen MR) is 60.6 cm³/mol. The number of nitrogens with two attached hydrogens (primary N) is 1. The van der Waals surface area contributed by atoms with Crippen LogP contribution in [-0.2, 0) is 16.4 Å². The first-order chi connectivity index (χ1) is 7.54. The topological polar surface area (TPSA) is 77.5 Å². The molecule has 2 rings (SSSR count). The number of fused-ring (bicyclic) bond motifs is 1. The number of hydrogen-bond acceptors (Lipinski definition) is 3. The summed E-state index contributed by atoms with van der Waals surface area (Å²) in [6, 6.07) is 5.30. The molecule has 6 heteroatoms. The average Bonchev–Trinajstić information content (AvgIpc) is 2.58. The molecule has 0 aliphatic carbocycles. The number of rotatable bonds is 3. The first-order valence-corrected chi connectivity index (χ1v) is 6.57. The summed E-state index contributed by atoms with van der Waals surface area (Å²) in [6.45, 7) is 2.01. The fourth-order valence-corrected chi connectivity index (χ4v) is 2.37. The van der Waals surface area contributed by atoms with Crippen molar-refractivity contribution in [2.75, 3.05) is 0 Å². The highest BCUT2D eigenvalue weighted by Crippen LogP contribution is 2.17. The van der Waals surface area contributed by atoms with Crippen molar-refractivity contribution in [1.82, 2.24) is 9.38 Å². The molecule has 2 aromatic rings. The van der Waals surface area contributed by atoms with E-state index in [0.29, 0.717) is 5.52 Å². The molecule has 0 aliphatic heterocycles. The summed E-state index contributed by atoms with van der Waals surface area (Å²) < 4.78 is 24.5. The largest absolute Gasteiger partial charge is 0.302 e. The second-order valence-corrected chi connectivity index (χ2v) is 5.06. The van der Waals surface area contributed by atoms with E-state index in [9.17, 15) is 8.42 Å². The Morgan fingerprint density at radius 1 is 1.44 bits per heavy atom. The van der Waals surface area contributed by atoms with Crippen molar-refractivity contribution in [3.63, 3.8) is 0 Å². The Kier molecular flexibility index (Phi) is 2.69. The molecule has 0 bridgehead atoms. The average molecular weight is 239 g/mol. The number of sulfonamides is 1. The molecule has 0 radical (unpaired) electrons. The molecule has 0 fully saturated rings. The number of nitrogens with zero attached hydrogens (tertiary/aromatic N) is 2. The van der Waals surface area contributed by atoms with E-state index in [4.69, 9.17) is 5.14 Å². The first-order valence-electron chi connectivity index (χ1n) is 5.03. The van der Waals surface area contributed by atoms with Crippen LogP contribution in [0.4, 0.5) is 0 Å². The summed E-state index contributed by atoms with van der Waals surface area (Å²) in [7, 11) is -3.76. The summed E-state index contributed by atoms with van der Waals surface area (Å²) in [5, 5.41) is 5.08. The predicted octanol–water partition coefficient (Wildman–Crippen LogP) is 0.934. The lowest BCUT2D eigenvalue weighted by molar-refractivity contribution is 0.595. The third-order valence-corrected chi connectivity index (χ3v) is 3.17. The van der Waals surface area contributed by atoms with Gasteiger partial charge < -0.3 is 4.40 Å². The molecule has 16 heavy (non-hydrogen) atoms. The Bertz CT molecular complexity index is 616. The van der Waals surface area contributed by atoms with Crippen molar-refractivity contribution < 1.29 is 8.42 Å². The lowest BCUT2D eigenvalue weighted by atomic mass is 10.3. The van der Waals surface area contributed by atoms with Gasteiger partial charge in [-0.25, -0.2) is 18.5 Å². The highest BCUT2D eigenvalue weighted by molar-refractivity contribution is 7.89. The fraction of sp³-hybridized carbons (Fsp3) is 0.300. The molecular weight excluding hydrogens is 226 g/mol. The zero-order valence-electron chi connectivity index (χ0n) is 8.92. The van der Waals surface area contributed by atoms with Crippen LogP contribution in [0.5, 0.6) is 0 Å². The highest BCUT2D eigenvalue weighted by atomic mass is 32.2. The maximum atomic E-state index is 11.4. The number of pyridine rings is 1. The van der Waals surface area contributed by atoms with Gasteiger partial charge in [-0.2, -0.15) is 0 Å². The normalized spacial score (nSPS) is 12.1.